The molecule has 1 aliphatic heterocycles. The SMILES string of the molecule is CCOC(=O)C1=C[C@H](c2ccccc2Br)[C@@H](C=C(C)C)[C@@H](O)N1S(=O)(=O)c1ccc(C)cc1. The largest absolute Gasteiger partial charge is 0.461 e. The number of hydrogen-bond acceptors (Lipinski definition) is 5. The van der Waals surface area contributed by atoms with Crippen molar-refractivity contribution in [3.05, 3.63) is 87.6 Å². The molecule has 0 aliphatic carbocycles. The molecule has 176 valence electrons. The number of nitrogens with zero attached hydrogens (tertiary/aromatic N) is 1. The quantitative estimate of drug-likeness (QED) is 0.422. The average molecular weight is 534 g/mol. The third-order valence-corrected chi connectivity index (χ3v) is 7.95. The highest BCUT2D eigenvalue weighted by molar-refractivity contribution is 9.10. The Labute approximate surface area is 203 Å². The maximum atomic E-state index is 13.7. The van der Waals surface area contributed by atoms with Gasteiger partial charge in [0.25, 0.3) is 10.0 Å². The predicted octanol–water partition coefficient (Wildman–Crippen LogP) is 4.89. The smallest absolute Gasteiger partial charge is 0.355 e. The zero-order chi connectivity index (χ0) is 24.3. The number of aliphatic hydroxyl groups is 1. The summed E-state index contributed by atoms with van der Waals surface area (Å²) in [6, 6.07) is 13.8. The fraction of sp³-hybridized carbons (Fsp3) is 0.320. The number of halogens is 1. The van der Waals surface area contributed by atoms with Crippen molar-refractivity contribution in [2.75, 3.05) is 6.61 Å². The Morgan fingerprint density at radius 1 is 1.15 bits per heavy atom. The molecule has 0 saturated heterocycles. The van der Waals surface area contributed by atoms with Gasteiger partial charge in [-0.1, -0.05) is 63.5 Å². The van der Waals surface area contributed by atoms with E-state index in [0.29, 0.717) is 0 Å². The van der Waals surface area contributed by atoms with E-state index in [1.165, 1.54) is 12.1 Å². The lowest BCUT2D eigenvalue weighted by Crippen LogP contribution is -2.50. The van der Waals surface area contributed by atoms with Crippen molar-refractivity contribution in [3.8, 4) is 0 Å². The lowest BCUT2D eigenvalue weighted by molar-refractivity contribution is -0.141. The molecular weight excluding hydrogens is 506 g/mol. The molecule has 3 rings (SSSR count). The Morgan fingerprint density at radius 3 is 2.36 bits per heavy atom. The van der Waals surface area contributed by atoms with Gasteiger partial charge in [-0.2, -0.15) is 0 Å². The summed E-state index contributed by atoms with van der Waals surface area (Å²) < 4.78 is 34.1. The Kier molecular flexibility index (Phi) is 7.82. The Balaban J connectivity index is 2.26. The molecule has 0 unspecified atom stereocenters. The summed E-state index contributed by atoms with van der Waals surface area (Å²) in [5.41, 5.74) is 2.43. The van der Waals surface area contributed by atoms with E-state index in [9.17, 15) is 18.3 Å². The zero-order valence-electron chi connectivity index (χ0n) is 19.0. The van der Waals surface area contributed by atoms with E-state index in [0.717, 1.165) is 25.5 Å². The molecule has 0 radical (unpaired) electrons. The summed E-state index contributed by atoms with van der Waals surface area (Å²) in [4.78, 5) is 12.9. The number of sulfonamides is 1. The van der Waals surface area contributed by atoms with Crippen molar-refractivity contribution in [2.24, 2.45) is 5.92 Å². The number of aryl methyl sites for hydroxylation is 1. The van der Waals surface area contributed by atoms with Gasteiger partial charge in [-0.3, -0.25) is 0 Å². The summed E-state index contributed by atoms with van der Waals surface area (Å²) in [6.45, 7) is 7.33. The van der Waals surface area contributed by atoms with Gasteiger partial charge in [0.1, 0.15) is 11.9 Å². The molecule has 0 saturated carbocycles. The molecule has 6 nitrogen and oxygen atoms in total. The summed E-state index contributed by atoms with van der Waals surface area (Å²) in [6.07, 6.45) is 1.90. The Morgan fingerprint density at radius 2 is 1.79 bits per heavy atom. The molecule has 1 heterocycles. The number of carbonyl (C=O) groups is 1. The molecule has 1 aliphatic rings. The highest BCUT2D eigenvalue weighted by Crippen LogP contribution is 2.43. The third-order valence-electron chi connectivity index (χ3n) is 5.43. The second-order valence-electron chi connectivity index (χ2n) is 8.17. The minimum Gasteiger partial charge on any atom is -0.461 e. The molecule has 1 N–H and O–H groups in total. The van der Waals surface area contributed by atoms with E-state index < -0.39 is 34.1 Å². The van der Waals surface area contributed by atoms with Gasteiger partial charge < -0.3 is 9.84 Å². The van der Waals surface area contributed by atoms with Crippen LogP contribution < -0.4 is 0 Å². The van der Waals surface area contributed by atoms with Crippen molar-refractivity contribution >= 4 is 31.9 Å². The standard InChI is InChI=1S/C25H28BrNO5S/c1-5-32-25(29)23-15-20(19-8-6-7-9-22(19)26)21(14-16(2)3)24(28)27(23)33(30,31)18-12-10-17(4)11-13-18/h6-15,20-21,24,28H,5H2,1-4H3/t20-,21-,24-/m1/s1. The first-order valence-corrected chi connectivity index (χ1v) is 12.9. The van der Waals surface area contributed by atoms with Crippen LogP contribution in [0.5, 0.6) is 0 Å². The lowest BCUT2D eigenvalue weighted by atomic mass is 9.80. The molecule has 8 heteroatoms. The average Bonchev–Trinajstić information content (AvgIpc) is 2.75. The van der Waals surface area contributed by atoms with E-state index >= 15 is 0 Å². The molecule has 0 aromatic heterocycles. The molecule has 2 aromatic rings. The van der Waals surface area contributed by atoms with E-state index in [1.807, 2.05) is 51.1 Å². The van der Waals surface area contributed by atoms with Crippen LogP contribution in [0.15, 0.2) is 81.3 Å². The normalized spacial score (nSPS) is 20.7. The molecule has 3 atom stereocenters. The number of aliphatic hydroxyl groups excluding tert-OH is 1. The summed E-state index contributed by atoms with van der Waals surface area (Å²) in [5, 5.41) is 11.5. The first-order valence-electron chi connectivity index (χ1n) is 10.7. The first kappa shape index (κ1) is 25.2. The summed E-state index contributed by atoms with van der Waals surface area (Å²) >= 11 is 3.55. The Hall–Kier alpha value is -2.42. The van der Waals surface area contributed by atoms with Crippen molar-refractivity contribution in [3.63, 3.8) is 0 Å². The van der Waals surface area contributed by atoms with E-state index in [-0.39, 0.29) is 17.2 Å². The van der Waals surface area contributed by atoms with Crippen LogP contribution in [0.3, 0.4) is 0 Å². The van der Waals surface area contributed by atoms with Crippen LogP contribution in [-0.4, -0.2) is 36.6 Å². The number of esters is 1. The lowest BCUT2D eigenvalue weighted by Gasteiger charge is -2.41. The minimum absolute atomic E-state index is 0.0161. The fourth-order valence-electron chi connectivity index (χ4n) is 3.91. The van der Waals surface area contributed by atoms with Gasteiger partial charge in [-0.25, -0.2) is 17.5 Å². The fourth-order valence-corrected chi connectivity index (χ4v) is 5.99. The van der Waals surface area contributed by atoms with Crippen LogP contribution in [0.4, 0.5) is 0 Å². The monoisotopic (exact) mass is 533 g/mol. The third kappa shape index (κ3) is 5.23. The molecule has 0 fully saturated rings. The number of benzene rings is 2. The zero-order valence-corrected chi connectivity index (χ0v) is 21.4. The van der Waals surface area contributed by atoms with Crippen molar-refractivity contribution in [1.29, 1.82) is 0 Å². The van der Waals surface area contributed by atoms with E-state index in [2.05, 4.69) is 15.9 Å². The van der Waals surface area contributed by atoms with Gasteiger partial charge in [0.15, 0.2) is 0 Å². The first-order chi connectivity index (χ1) is 15.6. The number of ether oxygens (including phenoxy) is 1. The van der Waals surface area contributed by atoms with Crippen LogP contribution in [0.2, 0.25) is 0 Å². The van der Waals surface area contributed by atoms with Gasteiger partial charge in [-0.15, -0.1) is 0 Å². The topological polar surface area (TPSA) is 83.9 Å². The van der Waals surface area contributed by atoms with Crippen LogP contribution in [-0.2, 0) is 19.6 Å². The summed E-state index contributed by atoms with van der Waals surface area (Å²) in [7, 11) is -4.25. The van der Waals surface area contributed by atoms with Crippen LogP contribution >= 0.6 is 15.9 Å². The minimum atomic E-state index is -4.25. The molecule has 0 amide bonds. The van der Waals surface area contributed by atoms with Crippen molar-refractivity contribution in [2.45, 2.75) is 44.7 Å². The number of carbonyl (C=O) groups excluding carboxylic acids is 1. The van der Waals surface area contributed by atoms with Gasteiger partial charge in [0.05, 0.1) is 11.5 Å². The Bertz CT molecular complexity index is 1180. The molecule has 0 bridgehead atoms. The van der Waals surface area contributed by atoms with Crippen LogP contribution in [0.25, 0.3) is 0 Å². The number of rotatable bonds is 6. The van der Waals surface area contributed by atoms with Crippen LogP contribution in [0, 0.1) is 12.8 Å². The van der Waals surface area contributed by atoms with Gasteiger partial charge in [0.2, 0.25) is 0 Å². The second kappa shape index (κ2) is 10.2. The summed E-state index contributed by atoms with van der Waals surface area (Å²) in [5.74, 6) is -1.90. The highest BCUT2D eigenvalue weighted by Gasteiger charge is 2.45. The predicted molar refractivity (Wildman–Crippen MR) is 131 cm³/mol. The molecule has 0 spiro atoms. The molecular formula is C25H28BrNO5S. The molecule has 33 heavy (non-hydrogen) atoms. The van der Waals surface area contributed by atoms with E-state index in [1.54, 1.807) is 25.1 Å². The van der Waals surface area contributed by atoms with Crippen molar-refractivity contribution in [1.82, 2.24) is 4.31 Å². The number of allylic oxidation sites excluding steroid dienone is 2. The maximum Gasteiger partial charge on any atom is 0.355 e. The maximum absolute atomic E-state index is 13.7. The molecule has 2 aromatic carbocycles. The van der Waals surface area contributed by atoms with E-state index in [4.69, 9.17) is 4.74 Å². The van der Waals surface area contributed by atoms with Gasteiger partial charge in [-0.05, 0) is 57.5 Å². The number of hydrogen-bond donors (Lipinski definition) is 1. The van der Waals surface area contributed by atoms with Crippen LogP contribution in [0.1, 0.15) is 37.8 Å². The van der Waals surface area contributed by atoms with Gasteiger partial charge in [0, 0.05) is 16.3 Å². The highest BCUT2D eigenvalue weighted by atomic mass is 79.9. The van der Waals surface area contributed by atoms with Crippen molar-refractivity contribution < 1.29 is 23.1 Å². The van der Waals surface area contributed by atoms with Gasteiger partial charge >= 0.3 is 5.97 Å². The second-order valence-corrected chi connectivity index (χ2v) is 10.8.